The molecule has 0 radical (unpaired) electrons. The van der Waals surface area contributed by atoms with Crippen molar-refractivity contribution in [1.82, 2.24) is 4.98 Å². The van der Waals surface area contributed by atoms with E-state index in [4.69, 9.17) is 5.73 Å². The van der Waals surface area contributed by atoms with Gasteiger partial charge in [0.15, 0.2) is 6.10 Å². The molecule has 2 aromatic rings. The van der Waals surface area contributed by atoms with Crippen LogP contribution in [0.2, 0.25) is 0 Å². The lowest BCUT2D eigenvalue weighted by Gasteiger charge is -2.09. The van der Waals surface area contributed by atoms with Crippen LogP contribution in [0.4, 0.5) is 0 Å². The molecule has 0 aliphatic rings. The Kier molecular flexibility index (Phi) is 2.35. The number of benzene rings is 1. The number of hydrogen-bond donors (Lipinski definition) is 2. The van der Waals surface area contributed by atoms with Crippen molar-refractivity contribution in [3.8, 4) is 0 Å². The predicted molar refractivity (Wildman–Crippen MR) is 55.9 cm³/mol. The molecule has 1 unspecified atom stereocenters. The van der Waals surface area contributed by atoms with Crippen molar-refractivity contribution in [3.05, 3.63) is 42.1 Å². The van der Waals surface area contributed by atoms with E-state index in [9.17, 15) is 9.90 Å². The smallest absolute Gasteiger partial charge is 0.250 e. The van der Waals surface area contributed by atoms with Gasteiger partial charge >= 0.3 is 0 Å². The van der Waals surface area contributed by atoms with E-state index in [0.717, 1.165) is 10.9 Å². The Balaban J connectivity index is 2.65. The number of carbonyl (C=O) groups is 1. The Morgan fingerprint density at radius 1 is 1.33 bits per heavy atom. The van der Waals surface area contributed by atoms with Crippen molar-refractivity contribution in [2.24, 2.45) is 5.73 Å². The first-order valence-corrected chi connectivity index (χ1v) is 4.51. The lowest BCUT2D eigenvalue weighted by atomic mass is 10.0. The number of nitrogens with two attached hydrogens (primary N) is 1. The van der Waals surface area contributed by atoms with E-state index in [1.54, 1.807) is 18.3 Å². The quantitative estimate of drug-likeness (QED) is 0.754. The van der Waals surface area contributed by atoms with Crippen LogP contribution in [0.15, 0.2) is 36.5 Å². The average molecular weight is 202 g/mol. The number of para-hydroxylation sites is 1. The van der Waals surface area contributed by atoms with Crippen molar-refractivity contribution in [3.63, 3.8) is 0 Å². The third-order valence-electron chi connectivity index (χ3n) is 2.25. The number of hydrogen-bond acceptors (Lipinski definition) is 3. The molecule has 0 saturated carbocycles. The number of amides is 1. The average Bonchev–Trinajstić information content (AvgIpc) is 2.27. The van der Waals surface area contributed by atoms with Gasteiger partial charge < -0.3 is 10.8 Å². The molecule has 1 aromatic heterocycles. The maximum absolute atomic E-state index is 10.9. The van der Waals surface area contributed by atoms with Gasteiger partial charge in [-0.15, -0.1) is 0 Å². The van der Waals surface area contributed by atoms with Crippen LogP contribution in [0.5, 0.6) is 0 Å². The number of pyridine rings is 1. The van der Waals surface area contributed by atoms with Crippen LogP contribution in [0.1, 0.15) is 11.7 Å². The van der Waals surface area contributed by atoms with Crippen molar-refractivity contribution in [2.45, 2.75) is 6.10 Å². The molecule has 3 N–H and O–H groups in total. The standard InChI is InChI=1S/C11H10N2O2/c12-11(15)10(14)8-5-6-13-9-4-2-1-3-7(8)9/h1-6,10,14H,(H2,12,15). The first-order chi connectivity index (χ1) is 7.20. The van der Waals surface area contributed by atoms with E-state index in [2.05, 4.69) is 4.98 Å². The van der Waals surface area contributed by atoms with Crippen LogP contribution < -0.4 is 5.73 Å². The predicted octanol–water partition coefficient (Wildman–Crippen LogP) is 0.754. The zero-order valence-corrected chi connectivity index (χ0v) is 7.92. The first kappa shape index (κ1) is 9.61. The molecule has 1 amide bonds. The molecule has 0 aliphatic heterocycles. The highest BCUT2D eigenvalue weighted by molar-refractivity contribution is 5.89. The molecule has 0 bridgehead atoms. The highest BCUT2D eigenvalue weighted by atomic mass is 16.3. The van der Waals surface area contributed by atoms with Gasteiger partial charge in [0.2, 0.25) is 0 Å². The third-order valence-corrected chi connectivity index (χ3v) is 2.25. The molecule has 4 heteroatoms. The van der Waals surface area contributed by atoms with Crippen molar-refractivity contribution >= 4 is 16.8 Å². The zero-order valence-electron chi connectivity index (χ0n) is 7.92. The van der Waals surface area contributed by atoms with Crippen LogP contribution >= 0.6 is 0 Å². The largest absolute Gasteiger partial charge is 0.378 e. The lowest BCUT2D eigenvalue weighted by molar-refractivity contribution is -0.126. The topological polar surface area (TPSA) is 76.2 Å². The third kappa shape index (κ3) is 1.67. The van der Waals surface area contributed by atoms with Gasteiger partial charge in [-0.25, -0.2) is 0 Å². The van der Waals surface area contributed by atoms with Gasteiger partial charge in [-0.2, -0.15) is 0 Å². The van der Waals surface area contributed by atoms with Gasteiger partial charge in [-0.3, -0.25) is 9.78 Å². The minimum atomic E-state index is -1.28. The molecule has 0 saturated heterocycles. The van der Waals surface area contributed by atoms with E-state index < -0.39 is 12.0 Å². The summed E-state index contributed by atoms with van der Waals surface area (Å²) in [6, 6.07) is 8.87. The van der Waals surface area contributed by atoms with Gasteiger partial charge in [0.1, 0.15) is 0 Å². The minimum absolute atomic E-state index is 0.494. The Hall–Kier alpha value is -1.94. The monoisotopic (exact) mass is 202 g/mol. The molecule has 0 aliphatic carbocycles. The normalized spacial score (nSPS) is 12.6. The van der Waals surface area contributed by atoms with Gasteiger partial charge in [-0.1, -0.05) is 18.2 Å². The summed E-state index contributed by atoms with van der Waals surface area (Å²) < 4.78 is 0. The number of aromatic nitrogens is 1. The Labute approximate surface area is 86.4 Å². The lowest BCUT2D eigenvalue weighted by Crippen LogP contribution is -2.21. The minimum Gasteiger partial charge on any atom is -0.378 e. The summed E-state index contributed by atoms with van der Waals surface area (Å²) in [6.07, 6.45) is 0.266. The van der Waals surface area contributed by atoms with Crippen LogP contribution in [0, 0.1) is 0 Å². The van der Waals surface area contributed by atoms with Crippen LogP contribution in [-0.2, 0) is 4.79 Å². The van der Waals surface area contributed by atoms with Crippen LogP contribution in [0.3, 0.4) is 0 Å². The molecule has 1 heterocycles. The molecule has 1 atom stereocenters. The SMILES string of the molecule is NC(=O)C(O)c1ccnc2ccccc12. The van der Waals surface area contributed by atoms with E-state index in [0.29, 0.717) is 5.56 Å². The second kappa shape index (κ2) is 3.67. The van der Waals surface area contributed by atoms with Crippen molar-refractivity contribution < 1.29 is 9.90 Å². The molecular weight excluding hydrogens is 192 g/mol. The number of primary amides is 1. The fourth-order valence-electron chi connectivity index (χ4n) is 1.51. The number of rotatable bonds is 2. The Morgan fingerprint density at radius 2 is 2.07 bits per heavy atom. The summed E-state index contributed by atoms with van der Waals surface area (Å²) in [5, 5.41) is 10.3. The van der Waals surface area contributed by atoms with Gasteiger partial charge in [-0.05, 0) is 12.1 Å². The number of carbonyl (C=O) groups excluding carboxylic acids is 1. The Morgan fingerprint density at radius 3 is 2.80 bits per heavy atom. The molecule has 76 valence electrons. The van der Waals surface area contributed by atoms with E-state index in [1.807, 2.05) is 18.2 Å². The number of aliphatic hydroxyl groups excluding tert-OH is 1. The first-order valence-electron chi connectivity index (χ1n) is 4.51. The molecule has 2 rings (SSSR count). The summed E-state index contributed by atoms with van der Waals surface area (Å²) >= 11 is 0. The van der Waals surface area contributed by atoms with Gasteiger partial charge in [0.25, 0.3) is 5.91 Å². The van der Waals surface area contributed by atoms with Gasteiger partial charge in [0.05, 0.1) is 5.52 Å². The molecule has 0 spiro atoms. The van der Waals surface area contributed by atoms with Crippen LogP contribution in [0.25, 0.3) is 10.9 Å². The van der Waals surface area contributed by atoms with Gasteiger partial charge in [0, 0.05) is 17.1 Å². The van der Waals surface area contributed by atoms with Crippen molar-refractivity contribution in [2.75, 3.05) is 0 Å². The Bertz CT molecular complexity index is 505. The summed E-state index contributed by atoms with van der Waals surface area (Å²) in [4.78, 5) is 15.0. The maximum atomic E-state index is 10.9. The highest BCUT2D eigenvalue weighted by Gasteiger charge is 2.16. The molecule has 0 fully saturated rings. The molecule has 15 heavy (non-hydrogen) atoms. The second-order valence-electron chi connectivity index (χ2n) is 3.22. The fraction of sp³-hybridized carbons (Fsp3) is 0.0909. The summed E-state index contributed by atoms with van der Waals surface area (Å²) in [5.74, 6) is -0.758. The number of fused-ring (bicyclic) bond motifs is 1. The van der Waals surface area contributed by atoms with E-state index in [1.165, 1.54) is 0 Å². The van der Waals surface area contributed by atoms with Crippen molar-refractivity contribution in [1.29, 1.82) is 0 Å². The zero-order chi connectivity index (χ0) is 10.8. The number of aliphatic hydroxyl groups is 1. The number of nitrogens with zero attached hydrogens (tertiary/aromatic N) is 1. The second-order valence-corrected chi connectivity index (χ2v) is 3.22. The summed E-state index contributed by atoms with van der Waals surface area (Å²) in [5.41, 5.74) is 6.28. The van der Waals surface area contributed by atoms with E-state index in [-0.39, 0.29) is 0 Å². The summed E-state index contributed by atoms with van der Waals surface area (Å²) in [6.45, 7) is 0. The maximum Gasteiger partial charge on any atom is 0.250 e. The van der Waals surface area contributed by atoms with Crippen LogP contribution in [-0.4, -0.2) is 16.0 Å². The fourth-order valence-corrected chi connectivity index (χ4v) is 1.51. The molecular formula is C11H10N2O2. The van der Waals surface area contributed by atoms with E-state index >= 15 is 0 Å². The summed E-state index contributed by atoms with van der Waals surface area (Å²) in [7, 11) is 0. The highest BCUT2D eigenvalue weighted by Crippen LogP contribution is 2.22. The molecule has 1 aromatic carbocycles. The molecule has 4 nitrogen and oxygen atoms in total.